The van der Waals surface area contributed by atoms with Crippen LogP contribution in [0.25, 0.3) is 0 Å². The van der Waals surface area contributed by atoms with Crippen molar-refractivity contribution in [2.45, 2.75) is 17.2 Å². The molecule has 0 N–H and O–H groups in total. The third-order valence-corrected chi connectivity index (χ3v) is 3.66. The fourth-order valence-corrected chi connectivity index (χ4v) is 2.35. The van der Waals surface area contributed by atoms with Gasteiger partial charge in [-0.2, -0.15) is 26.3 Å². The molecule has 1 nitrogen and oxygen atoms in total. The summed E-state index contributed by atoms with van der Waals surface area (Å²) in [5.41, 5.74) is 0.242. The van der Waals surface area contributed by atoms with Crippen LogP contribution < -0.4 is 0 Å². The van der Waals surface area contributed by atoms with Crippen LogP contribution in [0.2, 0.25) is 0 Å². The number of aliphatic imine (C=N–C) groups is 1. The van der Waals surface area contributed by atoms with Crippen LogP contribution in [0.4, 0.5) is 26.3 Å². The largest absolute Gasteiger partial charge is 0.432 e. The van der Waals surface area contributed by atoms with Crippen LogP contribution in [0.5, 0.6) is 0 Å². The zero-order valence-corrected chi connectivity index (χ0v) is 9.33. The highest BCUT2D eigenvalue weighted by Gasteiger charge is 2.76. The van der Waals surface area contributed by atoms with E-state index in [-0.39, 0.29) is 22.4 Å². The van der Waals surface area contributed by atoms with Crippen LogP contribution >= 0.6 is 11.8 Å². The van der Waals surface area contributed by atoms with Gasteiger partial charge in [0, 0.05) is 5.56 Å². The van der Waals surface area contributed by atoms with Crippen molar-refractivity contribution in [1.82, 2.24) is 0 Å². The Hall–Kier alpha value is -1.18. The maximum absolute atomic E-state index is 12.5. The smallest absolute Gasteiger partial charge is 0.242 e. The first-order chi connectivity index (χ1) is 8.17. The second-order valence-corrected chi connectivity index (χ2v) is 4.71. The molecule has 0 bridgehead atoms. The molecule has 0 aromatic heterocycles. The molecule has 0 unspecified atom stereocenters. The van der Waals surface area contributed by atoms with Crippen LogP contribution in [-0.2, 0) is 0 Å². The third kappa shape index (κ3) is 1.88. The Morgan fingerprint density at radius 2 is 1.33 bits per heavy atom. The lowest BCUT2D eigenvalue weighted by Crippen LogP contribution is -2.57. The van der Waals surface area contributed by atoms with Gasteiger partial charge in [0.1, 0.15) is 5.04 Å². The molecule has 8 heteroatoms. The summed E-state index contributed by atoms with van der Waals surface area (Å²) in [6.07, 6.45) is -10.9. The van der Waals surface area contributed by atoms with E-state index in [0.717, 1.165) is 0 Å². The minimum atomic E-state index is -5.46. The summed E-state index contributed by atoms with van der Waals surface area (Å²) in [6, 6.07) is 7.44. The second kappa shape index (κ2) is 3.91. The molecule has 1 heterocycles. The number of alkyl halides is 6. The Morgan fingerprint density at radius 1 is 0.889 bits per heavy atom. The maximum Gasteiger partial charge on any atom is 0.432 e. The molecule has 0 aliphatic carbocycles. The molecule has 0 saturated heterocycles. The molecular formula is C10H5F6NS. The number of benzene rings is 1. The van der Waals surface area contributed by atoms with Gasteiger partial charge >= 0.3 is 17.2 Å². The van der Waals surface area contributed by atoms with Gasteiger partial charge in [-0.15, -0.1) is 0 Å². The number of halogens is 6. The topological polar surface area (TPSA) is 12.4 Å². The van der Waals surface area contributed by atoms with Gasteiger partial charge in [-0.05, 0) is 0 Å². The molecule has 0 spiro atoms. The number of hydrogen-bond acceptors (Lipinski definition) is 2. The number of nitrogens with zero attached hydrogens (tertiary/aromatic N) is 1. The van der Waals surface area contributed by atoms with Crippen molar-refractivity contribution < 1.29 is 26.3 Å². The fourth-order valence-electron chi connectivity index (χ4n) is 1.40. The quantitative estimate of drug-likeness (QED) is 0.710. The average Bonchev–Trinajstić information content (AvgIpc) is 2.12. The van der Waals surface area contributed by atoms with Gasteiger partial charge in [-0.25, -0.2) is 4.99 Å². The number of thioether (sulfide) groups is 1. The van der Waals surface area contributed by atoms with Crippen molar-refractivity contribution in [2.75, 3.05) is 0 Å². The molecule has 0 radical (unpaired) electrons. The Labute approximate surface area is 102 Å². The van der Waals surface area contributed by atoms with E-state index >= 15 is 0 Å². The van der Waals surface area contributed by atoms with E-state index < -0.39 is 17.2 Å². The molecule has 1 aromatic carbocycles. The van der Waals surface area contributed by atoms with Crippen molar-refractivity contribution in [2.24, 2.45) is 4.99 Å². The predicted molar refractivity (Wildman–Crippen MR) is 55.4 cm³/mol. The first kappa shape index (κ1) is 13.3. The number of hydrogen-bond donors (Lipinski definition) is 0. The zero-order chi connectivity index (χ0) is 13.6. The Kier molecular flexibility index (Phi) is 2.88. The first-order valence-electron chi connectivity index (χ1n) is 4.65. The summed E-state index contributed by atoms with van der Waals surface area (Å²) in [7, 11) is 0. The maximum atomic E-state index is 12.5. The van der Waals surface area contributed by atoms with E-state index in [1.165, 1.54) is 24.3 Å². The van der Waals surface area contributed by atoms with Crippen LogP contribution in [0.3, 0.4) is 0 Å². The van der Waals surface area contributed by atoms with Gasteiger partial charge in [-0.3, -0.25) is 0 Å². The van der Waals surface area contributed by atoms with Gasteiger partial charge in [0.2, 0.25) is 0 Å². The second-order valence-electron chi connectivity index (χ2n) is 3.52. The lowest BCUT2D eigenvalue weighted by atomic mass is 10.2. The minimum absolute atomic E-state index is 0.242. The summed E-state index contributed by atoms with van der Waals surface area (Å²) < 4.78 is 75.0. The summed E-state index contributed by atoms with van der Waals surface area (Å²) >= 11 is -0.312. The van der Waals surface area contributed by atoms with E-state index in [9.17, 15) is 26.3 Å². The highest BCUT2D eigenvalue weighted by atomic mass is 32.2. The Morgan fingerprint density at radius 3 is 1.72 bits per heavy atom. The average molecular weight is 285 g/mol. The van der Waals surface area contributed by atoms with Crippen LogP contribution in [-0.4, -0.2) is 22.3 Å². The van der Waals surface area contributed by atoms with Gasteiger partial charge in [0.25, 0.3) is 0 Å². The van der Waals surface area contributed by atoms with Crippen molar-refractivity contribution in [3.63, 3.8) is 0 Å². The molecule has 1 aliphatic rings. The van der Waals surface area contributed by atoms with E-state index in [1.54, 1.807) is 6.07 Å². The van der Waals surface area contributed by atoms with Crippen molar-refractivity contribution in [1.29, 1.82) is 0 Å². The normalized spacial score (nSPS) is 19.1. The molecule has 1 aromatic rings. The molecule has 0 saturated carbocycles. The zero-order valence-electron chi connectivity index (χ0n) is 8.51. The fraction of sp³-hybridized carbons (Fsp3) is 0.300. The van der Waals surface area contributed by atoms with Crippen molar-refractivity contribution in [3.05, 3.63) is 35.9 Å². The molecule has 0 fully saturated rings. The Balaban J connectivity index is 2.39. The molecule has 98 valence electrons. The number of rotatable bonds is 1. The van der Waals surface area contributed by atoms with E-state index in [1.807, 2.05) is 0 Å². The lowest BCUT2D eigenvalue weighted by Gasteiger charge is -2.39. The van der Waals surface area contributed by atoms with E-state index in [4.69, 9.17) is 0 Å². The molecule has 2 rings (SSSR count). The molecule has 1 aliphatic heterocycles. The van der Waals surface area contributed by atoms with E-state index in [0.29, 0.717) is 0 Å². The van der Waals surface area contributed by atoms with Gasteiger partial charge in [0.15, 0.2) is 0 Å². The molecule has 0 amide bonds. The van der Waals surface area contributed by atoms with Gasteiger partial charge in [0.05, 0.1) is 0 Å². The summed E-state index contributed by atoms with van der Waals surface area (Å²) in [5.74, 6) is 0. The van der Waals surface area contributed by atoms with Crippen LogP contribution in [0, 0.1) is 0 Å². The third-order valence-electron chi connectivity index (χ3n) is 2.29. The first-order valence-corrected chi connectivity index (χ1v) is 5.47. The summed E-state index contributed by atoms with van der Waals surface area (Å²) in [4.78, 5) is -1.23. The van der Waals surface area contributed by atoms with Crippen LogP contribution in [0.1, 0.15) is 5.56 Å². The molecule has 18 heavy (non-hydrogen) atoms. The molecular weight excluding hydrogens is 280 g/mol. The lowest BCUT2D eigenvalue weighted by molar-refractivity contribution is -0.263. The molecule has 0 atom stereocenters. The van der Waals surface area contributed by atoms with Crippen molar-refractivity contribution >= 4 is 16.8 Å². The minimum Gasteiger partial charge on any atom is -0.242 e. The summed E-state index contributed by atoms with van der Waals surface area (Å²) in [5, 5.41) is -0.259. The van der Waals surface area contributed by atoms with Gasteiger partial charge in [-0.1, -0.05) is 42.1 Å². The summed E-state index contributed by atoms with van der Waals surface area (Å²) in [6.45, 7) is 0. The monoisotopic (exact) mass is 285 g/mol. The highest BCUT2D eigenvalue weighted by molar-refractivity contribution is 8.17. The Bertz CT molecular complexity index is 461. The van der Waals surface area contributed by atoms with Crippen LogP contribution in [0.15, 0.2) is 35.3 Å². The SMILES string of the molecule is FC(F)(F)C1(C(F)(F)F)N=C(c2ccccc2)S1. The highest BCUT2D eigenvalue weighted by Crippen LogP contribution is 2.59. The predicted octanol–water partition coefficient (Wildman–Crippen LogP) is 4.00. The van der Waals surface area contributed by atoms with E-state index in [2.05, 4.69) is 4.99 Å². The standard InChI is InChI=1S/C10H5F6NS/c11-9(12,13)8(10(14,15)16)17-7(18-8)6-4-2-1-3-5-6/h1-5H. The van der Waals surface area contributed by atoms with Gasteiger partial charge < -0.3 is 0 Å². The van der Waals surface area contributed by atoms with Crippen molar-refractivity contribution in [3.8, 4) is 0 Å².